The molecule has 1 N–H and O–H groups in total. The number of carbonyl (C=O) groups excluding carboxylic acids is 1. The fourth-order valence-corrected chi connectivity index (χ4v) is 5.46. The Morgan fingerprint density at radius 1 is 1.16 bits per heavy atom. The van der Waals surface area contributed by atoms with Crippen LogP contribution in [0.2, 0.25) is 0 Å². The molecular weight excluding hydrogens is 384 g/mol. The molecule has 2 fully saturated rings. The van der Waals surface area contributed by atoms with E-state index in [4.69, 9.17) is 4.42 Å². The van der Waals surface area contributed by atoms with Crippen molar-refractivity contribution in [2.24, 2.45) is 11.8 Å². The van der Waals surface area contributed by atoms with Gasteiger partial charge in [0.05, 0.1) is 6.26 Å². The Bertz CT molecular complexity index is 790. The van der Waals surface area contributed by atoms with E-state index >= 15 is 0 Å². The molecule has 2 aliphatic heterocycles. The fraction of sp³-hybridized carbons (Fsp3) is 0.667. The lowest BCUT2D eigenvalue weighted by molar-refractivity contribution is -0.122. The first-order chi connectivity index (χ1) is 15.1. The summed E-state index contributed by atoms with van der Waals surface area (Å²) < 4.78 is 5.89. The zero-order valence-electron chi connectivity index (χ0n) is 19.4. The van der Waals surface area contributed by atoms with Gasteiger partial charge >= 0.3 is 0 Å². The predicted octanol–water partition coefficient (Wildman–Crippen LogP) is 6.41. The Labute approximate surface area is 188 Å². The first-order valence-corrected chi connectivity index (χ1v) is 12.6. The Morgan fingerprint density at radius 2 is 2.00 bits per heavy atom. The second kappa shape index (κ2) is 10.7. The number of likely N-dealkylation sites (tertiary alicyclic amines) is 1. The molecule has 1 saturated heterocycles. The van der Waals surface area contributed by atoms with Crippen molar-refractivity contribution >= 4 is 5.91 Å². The van der Waals surface area contributed by atoms with Gasteiger partial charge < -0.3 is 9.73 Å². The number of piperidine rings is 1. The van der Waals surface area contributed by atoms with Crippen molar-refractivity contribution in [1.82, 2.24) is 10.2 Å². The SMILES string of the molecule is CC(C)CCC(=O)N[C@H]1CC[C@H](CCN2CCCCC2c2coc3cccc-3c2)CC1. The molecule has 1 amide bonds. The van der Waals surface area contributed by atoms with Crippen molar-refractivity contribution < 1.29 is 9.21 Å². The van der Waals surface area contributed by atoms with Crippen LogP contribution in [0.3, 0.4) is 0 Å². The molecule has 0 bridgehead atoms. The second-order valence-electron chi connectivity index (χ2n) is 10.3. The summed E-state index contributed by atoms with van der Waals surface area (Å²) in [5, 5.41) is 3.28. The Hall–Kier alpha value is -1.81. The molecule has 4 rings (SSSR count). The maximum atomic E-state index is 12.1. The standard InChI is InChI=1S/C27H40N2O2/c1-20(2)9-14-27(30)28-24-12-10-21(11-13-24)15-17-29-16-4-3-7-25(29)23-18-22-6-5-8-26(22)31-19-23/h5-6,8,18-21,24-25H,3-4,7,9-17H2,1-2H3,(H,28,30)/t21-,24-,25?. The molecule has 31 heavy (non-hydrogen) atoms. The van der Waals surface area contributed by atoms with Crippen LogP contribution in [0, 0.1) is 11.8 Å². The average Bonchev–Trinajstić information content (AvgIpc) is 3.25. The van der Waals surface area contributed by atoms with Crippen molar-refractivity contribution in [1.29, 1.82) is 0 Å². The highest BCUT2D eigenvalue weighted by atomic mass is 16.3. The molecule has 0 aromatic rings. The van der Waals surface area contributed by atoms with Crippen LogP contribution in [0.5, 0.6) is 0 Å². The van der Waals surface area contributed by atoms with E-state index in [9.17, 15) is 4.79 Å². The van der Waals surface area contributed by atoms with Gasteiger partial charge in [0.1, 0.15) is 5.76 Å². The topological polar surface area (TPSA) is 45.5 Å². The van der Waals surface area contributed by atoms with Gasteiger partial charge in [-0.15, -0.1) is 0 Å². The number of fused-ring (bicyclic) bond motifs is 1. The number of hydrogen-bond acceptors (Lipinski definition) is 3. The van der Waals surface area contributed by atoms with E-state index in [-0.39, 0.29) is 5.91 Å². The zero-order chi connectivity index (χ0) is 21.6. The fourth-order valence-electron chi connectivity index (χ4n) is 5.46. The van der Waals surface area contributed by atoms with E-state index < -0.39 is 0 Å². The molecule has 0 aromatic heterocycles. The molecule has 1 saturated carbocycles. The molecule has 4 nitrogen and oxygen atoms in total. The summed E-state index contributed by atoms with van der Waals surface area (Å²) in [6.45, 7) is 6.74. The van der Waals surface area contributed by atoms with Gasteiger partial charge in [0.25, 0.3) is 0 Å². The van der Waals surface area contributed by atoms with Crippen LogP contribution in [0.15, 0.2) is 34.9 Å². The second-order valence-corrected chi connectivity index (χ2v) is 10.3. The molecule has 0 spiro atoms. The first-order valence-electron chi connectivity index (χ1n) is 12.6. The highest BCUT2D eigenvalue weighted by molar-refractivity contribution is 5.76. The number of nitrogens with one attached hydrogen (secondary N) is 1. The van der Waals surface area contributed by atoms with Crippen LogP contribution < -0.4 is 5.32 Å². The van der Waals surface area contributed by atoms with Crippen LogP contribution in [-0.2, 0) is 4.79 Å². The number of carbonyl (C=O) groups is 1. The van der Waals surface area contributed by atoms with Gasteiger partial charge in [0, 0.05) is 29.6 Å². The third kappa shape index (κ3) is 6.12. The van der Waals surface area contributed by atoms with Gasteiger partial charge in [0.2, 0.25) is 5.91 Å². The molecule has 4 aliphatic rings. The van der Waals surface area contributed by atoms with Crippen molar-refractivity contribution in [3.8, 4) is 11.3 Å². The Kier molecular flexibility index (Phi) is 7.71. The van der Waals surface area contributed by atoms with Crippen LogP contribution in [-0.4, -0.2) is 29.9 Å². The van der Waals surface area contributed by atoms with E-state index in [1.165, 1.54) is 62.7 Å². The van der Waals surface area contributed by atoms with Crippen molar-refractivity contribution in [3.05, 3.63) is 36.1 Å². The molecular formula is C27H40N2O2. The monoisotopic (exact) mass is 424 g/mol. The Morgan fingerprint density at radius 3 is 2.81 bits per heavy atom. The predicted molar refractivity (Wildman–Crippen MR) is 126 cm³/mol. The van der Waals surface area contributed by atoms with E-state index in [2.05, 4.69) is 42.3 Å². The summed E-state index contributed by atoms with van der Waals surface area (Å²) in [6, 6.07) is 9.48. The van der Waals surface area contributed by atoms with Gasteiger partial charge in [-0.25, -0.2) is 0 Å². The molecule has 2 heterocycles. The van der Waals surface area contributed by atoms with Crippen molar-refractivity contribution in [3.63, 3.8) is 0 Å². The number of nitrogens with zero attached hydrogens (tertiary/aromatic N) is 1. The van der Waals surface area contributed by atoms with E-state index in [1.807, 2.05) is 12.3 Å². The lowest BCUT2D eigenvalue weighted by atomic mass is 9.83. The smallest absolute Gasteiger partial charge is 0.220 e. The number of amides is 1. The summed E-state index contributed by atoms with van der Waals surface area (Å²) in [5.41, 5.74) is 2.56. The minimum atomic E-state index is 0.250. The average molecular weight is 425 g/mol. The molecule has 2 aliphatic carbocycles. The lowest BCUT2D eigenvalue weighted by Crippen LogP contribution is -2.39. The van der Waals surface area contributed by atoms with Gasteiger partial charge in [0.15, 0.2) is 0 Å². The summed E-state index contributed by atoms with van der Waals surface area (Å²) in [6.07, 6.45) is 13.6. The first kappa shape index (κ1) is 22.4. The summed E-state index contributed by atoms with van der Waals surface area (Å²) in [4.78, 5) is 14.8. The van der Waals surface area contributed by atoms with Crippen LogP contribution >= 0.6 is 0 Å². The van der Waals surface area contributed by atoms with E-state index in [0.717, 1.165) is 30.9 Å². The van der Waals surface area contributed by atoms with Crippen molar-refractivity contribution in [2.75, 3.05) is 13.1 Å². The summed E-state index contributed by atoms with van der Waals surface area (Å²) in [5.74, 6) is 2.63. The van der Waals surface area contributed by atoms with Crippen LogP contribution in [0.4, 0.5) is 0 Å². The van der Waals surface area contributed by atoms with Gasteiger partial charge in [-0.2, -0.15) is 0 Å². The molecule has 0 aromatic carbocycles. The highest BCUT2D eigenvalue weighted by Crippen LogP contribution is 2.36. The number of rotatable bonds is 8. The third-order valence-electron chi connectivity index (χ3n) is 7.44. The molecule has 1 unspecified atom stereocenters. The van der Waals surface area contributed by atoms with Gasteiger partial charge in [-0.05, 0) is 88.4 Å². The molecule has 1 atom stereocenters. The van der Waals surface area contributed by atoms with E-state index in [1.54, 1.807) is 0 Å². The number of hydrogen-bond donors (Lipinski definition) is 1. The molecule has 0 radical (unpaired) electrons. The zero-order valence-corrected chi connectivity index (χ0v) is 19.4. The Balaban J connectivity index is 1.24. The summed E-state index contributed by atoms with van der Waals surface area (Å²) in [7, 11) is 0. The van der Waals surface area contributed by atoms with Crippen LogP contribution in [0.25, 0.3) is 11.3 Å². The molecule has 170 valence electrons. The minimum absolute atomic E-state index is 0.250. The van der Waals surface area contributed by atoms with Gasteiger partial charge in [-0.1, -0.05) is 32.4 Å². The maximum Gasteiger partial charge on any atom is 0.220 e. The molecule has 4 heteroatoms. The largest absolute Gasteiger partial charge is 0.464 e. The van der Waals surface area contributed by atoms with Gasteiger partial charge in [-0.3, -0.25) is 9.69 Å². The quantitative estimate of drug-likeness (QED) is 0.532. The lowest BCUT2D eigenvalue weighted by Gasteiger charge is -2.37. The van der Waals surface area contributed by atoms with E-state index in [0.29, 0.717) is 24.4 Å². The third-order valence-corrected chi connectivity index (χ3v) is 7.44. The highest BCUT2D eigenvalue weighted by Gasteiger charge is 2.27. The van der Waals surface area contributed by atoms with Crippen molar-refractivity contribution in [2.45, 2.75) is 90.1 Å². The maximum absolute atomic E-state index is 12.1. The normalized spacial score (nSPS) is 25.2. The summed E-state index contributed by atoms with van der Waals surface area (Å²) >= 11 is 0. The minimum Gasteiger partial charge on any atom is -0.464 e. The van der Waals surface area contributed by atoms with Crippen LogP contribution in [0.1, 0.15) is 89.7 Å².